The van der Waals surface area contributed by atoms with Crippen molar-refractivity contribution in [2.75, 3.05) is 11.4 Å². The van der Waals surface area contributed by atoms with E-state index < -0.39 is 11.9 Å². The molecule has 5 aromatic rings. The second kappa shape index (κ2) is 13.4. The molecule has 0 aliphatic heterocycles. The van der Waals surface area contributed by atoms with Gasteiger partial charge in [0.1, 0.15) is 6.04 Å². The highest BCUT2D eigenvalue weighted by Crippen LogP contribution is 2.33. The molecule has 3 aromatic carbocycles. The average molecular weight is 614 g/mol. The number of nitrogens with two attached hydrogens (primary N) is 2. The highest BCUT2D eigenvalue weighted by Gasteiger charge is 2.36. The van der Waals surface area contributed by atoms with Crippen molar-refractivity contribution in [1.82, 2.24) is 30.6 Å². The third kappa shape index (κ3) is 6.34. The lowest BCUT2D eigenvalue weighted by atomic mass is 9.81. The number of primary amides is 1. The Morgan fingerprint density at radius 1 is 1.00 bits per heavy atom. The minimum absolute atomic E-state index is 0. The van der Waals surface area contributed by atoms with Crippen molar-refractivity contribution < 1.29 is 9.59 Å². The highest BCUT2D eigenvalue weighted by molar-refractivity contribution is 6.02. The normalized spacial score (nSPS) is 17.1. The zero-order valence-electron chi connectivity index (χ0n) is 24.4. The van der Waals surface area contributed by atoms with E-state index in [9.17, 15) is 9.59 Å². The quantitative estimate of drug-likeness (QED) is 0.191. The summed E-state index contributed by atoms with van der Waals surface area (Å²) in [6, 6.07) is 18.6. The lowest BCUT2D eigenvalue weighted by Gasteiger charge is -2.35. The van der Waals surface area contributed by atoms with Crippen LogP contribution in [-0.2, 0) is 16.0 Å². The van der Waals surface area contributed by atoms with Crippen LogP contribution in [0, 0.1) is 18.8 Å². The molecule has 6 rings (SSSR count). The van der Waals surface area contributed by atoms with Crippen LogP contribution in [0.25, 0.3) is 33.5 Å². The number of nitrogens with one attached hydrogen (secondary N) is 2. The molecule has 2 aromatic heterocycles. The first-order valence-corrected chi connectivity index (χ1v) is 14.6. The number of imidazole rings is 1. The lowest BCUT2D eigenvalue weighted by Crippen LogP contribution is -2.52. The van der Waals surface area contributed by atoms with Gasteiger partial charge in [-0.1, -0.05) is 24.3 Å². The number of hydrogen-bond acceptors (Lipinski definition) is 7. The molecule has 0 unspecified atom stereocenters. The number of aromatic amines is 2. The van der Waals surface area contributed by atoms with Crippen molar-refractivity contribution in [3.05, 3.63) is 78.1 Å². The van der Waals surface area contributed by atoms with Crippen molar-refractivity contribution >= 4 is 40.9 Å². The van der Waals surface area contributed by atoms with Gasteiger partial charge in [-0.25, -0.2) is 4.98 Å². The molecule has 11 nitrogen and oxygen atoms in total. The van der Waals surface area contributed by atoms with Gasteiger partial charge in [-0.2, -0.15) is 5.21 Å². The van der Waals surface area contributed by atoms with Crippen molar-refractivity contribution in [3.63, 3.8) is 0 Å². The summed E-state index contributed by atoms with van der Waals surface area (Å²) in [6.45, 7) is 2.69. The predicted molar refractivity (Wildman–Crippen MR) is 172 cm³/mol. The Hall–Kier alpha value is -4.61. The maximum absolute atomic E-state index is 14.1. The maximum atomic E-state index is 14.1. The first-order valence-electron chi connectivity index (χ1n) is 14.6. The molecule has 1 fully saturated rings. The number of anilines is 1. The SMILES string of the molecule is Cc1cc2[nH]cnc2cc1-c1ccc(C[C@@H](C(N)=O)N(C(=O)C2CCC(CN)CC2)c2ccc(-c3nn[nH]n3)cc2)cc1.Cl. The van der Waals surface area contributed by atoms with Crippen LogP contribution in [0.15, 0.2) is 67.0 Å². The predicted octanol–water partition coefficient (Wildman–Crippen LogP) is 4.33. The first kappa shape index (κ1) is 30.8. The van der Waals surface area contributed by atoms with Gasteiger partial charge in [0.25, 0.3) is 0 Å². The number of aromatic nitrogens is 6. The fourth-order valence-electron chi connectivity index (χ4n) is 6.12. The molecule has 1 saturated carbocycles. The van der Waals surface area contributed by atoms with Crippen molar-refractivity contribution in [1.29, 1.82) is 0 Å². The molecule has 1 aliphatic carbocycles. The van der Waals surface area contributed by atoms with Gasteiger partial charge in [-0.05, 0) is 109 Å². The number of H-pyrrole nitrogens is 2. The molecule has 6 N–H and O–H groups in total. The van der Waals surface area contributed by atoms with Crippen molar-refractivity contribution in [3.8, 4) is 22.5 Å². The molecule has 1 atom stereocenters. The lowest BCUT2D eigenvalue weighted by molar-refractivity contribution is -0.127. The van der Waals surface area contributed by atoms with Gasteiger partial charge >= 0.3 is 0 Å². The number of fused-ring (bicyclic) bond motifs is 1. The summed E-state index contributed by atoms with van der Waals surface area (Å²) in [4.78, 5) is 36.3. The Balaban J connectivity index is 0.00000384. The van der Waals surface area contributed by atoms with E-state index in [1.165, 1.54) is 0 Å². The van der Waals surface area contributed by atoms with E-state index in [1.807, 2.05) is 48.5 Å². The molecular formula is C32H36ClN9O2. The zero-order valence-corrected chi connectivity index (χ0v) is 25.3. The number of amides is 2. The molecule has 44 heavy (non-hydrogen) atoms. The minimum Gasteiger partial charge on any atom is -0.368 e. The van der Waals surface area contributed by atoms with Crippen molar-refractivity contribution in [2.24, 2.45) is 23.3 Å². The molecule has 1 aliphatic rings. The Kier molecular flexibility index (Phi) is 9.36. The van der Waals surface area contributed by atoms with E-state index >= 15 is 0 Å². The molecule has 228 valence electrons. The summed E-state index contributed by atoms with van der Waals surface area (Å²) >= 11 is 0. The Morgan fingerprint density at radius 3 is 2.34 bits per heavy atom. The number of benzene rings is 3. The molecular weight excluding hydrogens is 578 g/mol. The number of carbonyl (C=O) groups excluding carboxylic acids is 2. The fraction of sp³-hybridized carbons (Fsp3) is 0.312. The van der Waals surface area contributed by atoms with Gasteiger partial charge in [-0.3, -0.25) is 14.5 Å². The summed E-state index contributed by atoms with van der Waals surface area (Å²) in [5.41, 5.74) is 19.3. The second-order valence-corrected chi connectivity index (χ2v) is 11.3. The van der Waals surface area contributed by atoms with E-state index in [0.29, 0.717) is 24.0 Å². The minimum atomic E-state index is -0.872. The Bertz CT molecular complexity index is 1710. The number of aryl methyl sites for hydroxylation is 1. The van der Waals surface area contributed by atoms with Crippen LogP contribution < -0.4 is 16.4 Å². The topological polar surface area (TPSA) is 173 Å². The van der Waals surface area contributed by atoms with Gasteiger partial charge < -0.3 is 16.5 Å². The molecule has 2 amide bonds. The largest absolute Gasteiger partial charge is 0.368 e. The Morgan fingerprint density at radius 2 is 1.70 bits per heavy atom. The summed E-state index contributed by atoms with van der Waals surface area (Å²) < 4.78 is 0. The third-order valence-electron chi connectivity index (χ3n) is 8.62. The molecule has 2 heterocycles. The van der Waals surface area contributed by atoms with Gasteiger partial charge in [0, 0.05) is 23.6 Å². The van der Waals surface area contributed by atoms with Crippen LogP contribution in [-0.4, -0.2) is 55.0 Å². The molecule has 0 saturated heterocycles. The Labute approximate surface area is 261 Å². The number of halogens is 1. The zero-order chi connectivity index (χ0) is 29.9. The van der Waals surface area contributed by atoms with Gasteiger partial charge in [-0.15, -0.1) is 22.6 Å². The molecule has 0 bridgehead atoms. The highest BCUT2D eigenvalue weighted by atomic mass is 35.5. The van der Waals surface area contributed by atoms with Crippen LogP contribution >= 0.6 is 12.4 Å². The first-order chi connectivity index (χ1) is 20.9. The monoisotopic (exact) mass is 613 g/mol. The summed E-state index contributed by atoms with van der Waals surface area (Å²) in [5.74, 6) is 0.0115. The van der Waals surface area contributed by atoms with Crippen LogP contribution in [0.1, 0.15) is 36.8 Å². The van der Waals surface area contributed by atoms with E-state index in [-0.39, 0.29) is 30.7 Å². The van der Waals surface area contributed by atoms with Crippen LogP contribution in [0.4, 0.5) is 5.69 Å². The summed E-state index contributed by atoms with van der Waals surface area (Å²) in [7, 11) is 0. The second-order valence-electron chi connectivity index (χ2n) is 11.3. The fourth-order valence-corrected chi connectivity index (χ4v) is 6.12. The molecule has 0 spiro atoms. The number of hydrogen-bond donors (Lipinski definition) is 4. The number of carbonyl (C=O) groups is 2. The van der Waals surface area contributed by atoms with E-state index in [0.717, 1.165) is 64.5 Å². The standard InChI is InChI=1S/C32H35N9O2.ClH/c1-19-14-27-28(36-18-35-27)16-26(19)22-6-2-20(3-7-22)15-29(30(34)42)41(32(43)24-8-4-21(17-33)5-9-24)25-12-10-23(11-13-25)31-37-39-40-38-31;/h2-3,6-7,10-14,16,18,21,24,29H,4-5,8-9,15,17,33H2,1H3,(H2,34,42)(H,35,36)(H,37,38,39,40);1H/t21?,24?,29-;/m0./s1. The molecule has 12 heteroatoms. The van der Waals surface area contributed by atoms with Crippen LogP contribution in [0.2, 0.25) is 0 Å². The van der Waals surface area contributed by atoms with E-state index in [4.69, 9.17) is 11.5 Å². The maximum Gasteiger partial charge on any atom is 0.240 e. The van der Waals surface area contributed by atoms with Gasteiger partial charge in [0.2, 0.25) is 17.6 Å². The average Bonchev–Trinajstić information content (AvgIpc) is 3.73. The van der Waals surface area contributed by atoms with Crippen LogP contribution in [0.5, 0.6) is 0 Å². The van der Waals surface area contributed by atoms with E-state index in [1.54, 1.807) is 11.2 Å². The number of nitrogens with zero attached hydrogens (tertiary/aromatic N) is 5. The third-order valence-corrected chi connectivity index (χ3v) is 8.62. The number of rotatable bonds is 9. The van der Waals surface area contributed by atoms with E-state index in [2.05, 4.69) is 49.6 Å². The summed E-state index contributed by atoms with van der Waals surface area (Å²) in [5, 5.41) is 14.1. The molecule has 0 radical (unpaired) electrons. The van der Waals surface area contributed by atoms with Crippen LogP contribution in [0.3, 0.4) is 0 Å². The van der Waals surface area contributed by atoms with Gasteiger partial charge in [0.15, 0.2) is 0 Å². The van der Waals surface area contributed by atoms with Gasteiger partial charge in [0.05, 0.1) is 17.4 Å². The van der Waals surface area contributed by atoms with Crippen molar-refractivity contribution in [2.45, 2.75) is 45.1 Å². The number of tetrazole rings is 1. The smallest absolute Gasteiger partial charge is 0.240 e. The summed E-state index contributed by atoms with van der Waals surface area (Å²) in [6.07, 6.45) is 5.23.